The van der Waals surface area contributed by atoms with E-state index in [0.29, 0.717) is 0 Å². The molecule has 0 aromatic rings. The van der Waals surface area contributed by atoms with Crippen LogP contribution in [0.1, 0.15) is 53.4 Å². The lowest BCUT2D eigenvalue weighted by Gasteiger charge is -2.37. The van der Waals surface area contributed by atoms with Crippen molar-refractivity contribution in [1.29, 1.82) is 0 Å². The Morgan fingerprint density at radius 2 is 1.94 bits per heavy atom. The van der Waals surface area contributed by atoms with E-state index in [9.17, 15) is 9.59 Å². The predicted octanol–water partition coefficient (Wildman–Crippen LogP) is 2.54. The van der Waals surface area contributed by atoms with E-state index in [1.807, 2.05) is 13.8 Å². The van der Waals surface area contributed by atoms with Gasteiger partial charge in [0.2, 0.25) is 5.91 Å². The van der Waals surface area contributed by atoms with E-state index in [2.05, 4.69) is 19.2 Å². The molecule has 17 heavy (non-hydrogen) atoms. The second-order valence-electron chi connectivity index (χ2n) is 6.13. The van der Waals surface area contributed by atoms with Crippen molar-refractivity contribution in [1.82, 2.24) is 5.32 Å². The molecule has 0 saturated heterocycles. The van der Waals surface area contributed by atoms with E-state index in [4.69, 9.17) is 0 Å². The molecule has 3 nitrogen and oxygen atoms in total. The zero-order chi connectivity index (χ0) is 13.1. The second-order valence-corrected chi connectivity index (χ2v) is 6.13. The molecule has 1 atom stereocenters. The average Bonchev–Trinajstić information content (AvgIpc) is 2.24. The quantitative estimate of drug-likeness (QED) is 0.819. The molecule has 1 rings (SSSR count). The van der Waals surface area contributed by atoms with Crippen molar-refractivity contribution in [3.8, 4) is 0 Å². The van der Waals surface area contributed by atoms with E-state index < -0.39 is 0 Å². The number of rotatable bonds is 4. The van der Waals surface area contributed by atoms with Gasteiger partial charge in [0.1, 0.15) is 0 Å². The Balaban J connectivity index is 2.49. The van der Waals surface area contributed by atoms with Crippen LogP contribution in [0.4, 0.5) is 0 Å². The summed E-state index contributed by atoms with van der Waals surface area (Å²) in [5.41, 5.74) is 0.0726. The van der Waals surface area contributed by atoms with Crippen LogP contribution in [-0.4, -0.2) is 18.2 Å². The Morgan fingerprint density at radius 3 is 2.47 bits per heavy atom. The molecule has 0 aromatic carbocycles. The third-order valence-electron chi connectivity index (χ3n) is 3.90. The van der Waals surface area contributed by atoms with Crippen LogP contribution < -0.4 is 5.32 Å². The van der Waals surface area contributed by atoms with E-state index in [1.54, 1.807) is 0 Å². The fraction of sp³-hybridized carbons (Fsp3) is 0.857. The summed E-state index contributed by atoms with van der Waals surface area (Å²) in [4.78, 5) is 23.6. The van der Waals surface area contributed by atoms with E-state index in [-0.39, 0.29) is 35.5 Å². The smallest absolute Gasteiger partial charge is 0.224 e. The van der Waals surface area contributed by atoms with Gasteiger partial charge in [0.15, 0.2) is 5.78 Å². The van der Waals surface area contributed by atoms with Gasteiger partial charge in [0, 0.05) is 11.8 Å². The van der Waals surface area contributed by atoms with Gasteiger partial charge in [-0.2, -0.15) is 0 Å². The molecule has 0 aromatic heterocycles. The van der Waals surface area contributed by atoms with Crippen LogP contribution in [0.15, 0.2) is 0 Å². The van der Waals surface area contributed by atoms with Crippen LogP contribution in [0.25, 0.3) is 0 Å². The van der Waals surface area contributed by atoms with Crippen molar-refractivity contribution < 1.29 is 9.59 Å². The molecule has 1 saturated carbocycles. The van der Waals surface area contributed by atoms with Gasteiger partial charge in [-0.1, -0.05) is 40.5 Å². The molecule has 0 aliphatic heterocycles. The molecule has 1 fully saturated rings. The minimum atomic E-state index is -0.00494. The third-order valence-corrected chi connectivity index (χ3v) is 3.90. The molecular weight excluding hydrogens is 214 g/mol. The van der Waals surface area contributed by atoms with Crippen molar-refractivity contribution >= 4 is 11.7 Å². The van der Waals surface area contributed by atoms with E-state index >= 15 is 0 Å². The SMILES string of the molecule is CC(C)C(=O)CNC(=O)C1CCCCC1(C)C. The summed E-state index contributed by atoms with van der Waals surface area (Å²) >= 11 is 0. The van der Waals surface area contributed by atoms with Crippen LogP contribution in [0.2, 0.25) is 0 Å². The van der Waals surface area contributed by atoms with Crippen molar-refractivity contribution in [2.75, 3.05) is 6.54 Å². The Labute approximate surface area is 104 Å². The minimum absolute atomic E-state index is 0.00494. The maximum Gasteiger partial charge on any atom is 0.224 e. The number of Topliss-reactive ketones (excluding diaryl/α,β-unsaturated/α-hetero) is 1. The predicted molar refractivity (Wildman–Crippen MR) is 68.6 cm³/mol. The Kier molecular flexibility index (Phi) is 4.72. The Bertz CT molecular complexity index is 295. The van der Waals surface area contributed by atoms with Gasteiger partial charge in [0.25, 0.3) is 0 Å². The number of hydrogen-bond donors (Lipinski definition) is 1. The van der Waals surface area contributed by atoms with Gasteiger partial charge in [0.05, 0.1) is 6.54 Å². The fourth-order valence-electron chi connectivity index (χ4n) is 2.48. The van der Waals surface area contributed by atoms with Gasteiger partial charge in [-0.25, -0.2) is 0 Å². The zero-order valence-corrected chi connectivity index (χ0v) is 11.5. The summed E-state index contributed by atoms with van der Waals surface area (Å²) in [6.45, 7) is 8.21. The minimum Gasteiger partial charge on any atom is -0.349 e. The van der Waals surface area contributed by atoms with Crippen molar-refractivity contribution in [3.05, 3.63) is 0 Å². The van der Waals surface area contributed by atoms with Crippen molar-refractivity contribution in [2.45, 2.75) is 53.4 Å². The molecule has 1 aliphatic rings. The van der Waals surface area contributed by atoms with Gasteiger partial charge in [-0.3, -0.25) is 9.59 Å². The largest absolute Gasteiger partial charge is 0.349 e. The topological polar surface area (TPSA) is 46.2 Å². The standard InChI is InChI=1S/C14H25NO2/c1-10(2)12(16)9-15-13(17)11-7-5-6-8-14(11,3)4/h10-11H,5-9H2,1-4H3,(H,15,17). The monoisotopic (exact) mass is 239 g/mol. The molecule has 1 N–H and O–H groups in total. The number of amides is 1. The second kappa shape index (κ2) is 5.65. The normalized spacial score (nSPS) is 23.5. The van der Waals surface area contributed by atoms with Gasteiger partial charge < -0.3 is 5.32 Å². The summed E-state index contributed by atoms with van der Waals surface area (Å²) in [5.74, 6) is 0.224. The number of ketones is 1. The first-order valence-electron chi connectivity index (χ1n) is 6.65. The number of carbonyl (C=O) groups excluding carboxylic acids is 2. The number of hydrogen-bond acceptors (Lipinski definition) is 2. The molecule has 0 spiro atoms. The highest BCUT2D eigenvalue weighted by Crippen LogP contribution is 2.40. The first-order valence-corrected chi connectivity index (χ1v) is 6.65. The van der Waals surface area contributed by atoms with Gasteiger partial charge in [-0.05, 0) is 18.3 Å². The summed E-state index contributed by atoms with van der Waals surface area (Å²) in [7, 11) is 0. The lowest BCUT2D eigenvalue weighted by Crippen LogP contribution is -2.43. The molecular formula is C14H25NO2. The molecule has 0 heterocycles. The zero-order valence-electron chi connectivity index (χ0n) is 11.5. The molecule has 1 amide bonds. The molecule has 3 heteroatoms. The maximum atomic E-state index is 12.1. The van der Waals surface area contributed by atoms with Crippen LogP contribution in [0.3, 0.4) is 0 Å². The summed E-state index contributed by atoms with van der Waals surface area (Å²) in [6.07, 6.45) is 4.39. The molecule has 1 aliphatic carbocycles. The first kappa shape index (κ1) is 14.2. The van der Waals surface area contributed by atoms with Crippen LogP contribution in [-0.2, 0) is 9.59 Å². The van der Waals surface area contributed by atoms with Crippen molar-refractivity contribution in [2.24, 2.45) is 17.3 Å². The average molecular weight is 239 g/mol. The Hall–Kier alpha value is -0.860. The summed E-state index contributed by atoms with van der Waals surface area (Å²) < 4.78 is 0. The first-order chi connectivity index (χ1) is 7.84. The summed E-state index contributed by atoms with van der Waals surface area (Å²) in [5, 5.41) is 2.80. The molecule has 0 radical (unpaired) electrons. The summed E-state index contributed by atoms with van der Waals surface area (Å²) in [6, 6.07) is 0. The number of nitrogens with one attached hydrogen (secondary N) is 1. The van der Waals surface area contributed by atoms with E-state index in [1.165, 1.54) is 6.42 Å². The molecule has 98 valence electrons. The highest BCUT2D eigenvalue weighted by molar-refractivity contribution is 5.88. The Morgan fingerprint density at radius 1 is 1.29 bits per heavy atom. The van der Waals surface area contributed by atoms with Gasteiger partial charge in [-0.15, -0.1) is 0 Å². The number of carbonyl (C=O) groups is 2. The van der Waals surface area contributed by atoms with E-state index in [0.717, 1.165) is 19.3 Å². The van der Waals surface area contributed by atoms with Crippen LogP contribution in [0, 0.1) is 17.3 Å². The lowest BCUT2D eigenvalue weighted by atomic mass is 9.68. The molecule has 1 unspecified atom stereocenters. The highest BCUT2D eigenvalue weighted by Gasteiger charge is 2.37. The van der Waals surface area contributed by atoms with Crippen LogP contribution in [0.5, 0.6) is 0 Å². The lowest BCUT2D eigenvalue weighted by molar-refractivity contribution is -0.132. The van der Waals surface area contributed by atoms with Crippen LogP contribution >= 0.6 is 0 Å². The van der Waals surface area contributed by atoms with Crippen molar-refractivity contribution in [3.63, 3.8) is 0 Å². The van der Waals surface area contributed by atoms with Gasteiger partial charge >= 0.3 is 0 Å². The third kappa shape index (κ3) is 3.83. The highest BCUT2D eigenvalue weighted by atomic mass is 16.2. The molecule has 0 bridgehead atoms. The maximum absolute atomic E-state index is 12.1. The fourth-order valence-corrected chi connectivity index (χ4v) is 2.48.